The lowest BCUT2D eigenvalue weighted by molar-refractivity contribution is -0.132. The van der Waals surface area contributed by atoms with E-state index in [4.69, 9.17) is 16.3 Å². The molecule has 6 nitrogen and oxygen atoms in total. The number of carbonyl (C=O) groups is 2. The molecule has 3 aromatic rings. The lowest BCUT2D eigenvalue weighted by Crippen LogP contribution is -2.34. The molecule has 0 bridgehead atoms. The zero-order valence-corrected chi connectivity index (χ0v) is 19.9. The van der Waals surface area contributed by atoms with Crippen LogP contribution in [0.4, 0.5) is 5.69 Å². The number of likely N-dealkylation sites (N-methyl/N-ethyl adjacent to an activating group) is 1. The van der Waals surface area contributed by atoms with Crippen LogP contribution in [-0.4, -0.2) is 41.4 Å². The van der Waals surface area contributed by atoms with Gasteiger partial charge in [-0.1, -0.05) is 41.9 Å². The monoisotopic (exact) mass is 471 g/mol. The third-order valence-electron chi connectivity index (χ3n) is 4.90. The minimum atomic E-state index is -0.235. The third-order valence-corrected chi connectivity index (χ3v) is 6.35. The lowest BCUT2D eigenvalue weighted by atomic mass is 10.2. The molecule has 168 valence electrons. The lowest BCUT2D eigenvalue weighted by Gasteiger charge is -2.19. The molecule has 0 spiro atoms. The molecule has 0 aliphatic rings. The Kier molecular flexibility index (Phi) is 8.25. The summed E-state index contributed by atoms with van der Waals surface area (Å²) in [5, 5.41) is 4.07. The summed E-state index contributed by atoms with van der Waals surface area (Å²) in [6, 6.07) is 15.0. The number of rotatable bonds is 9. The zero-order valence-electron chi connectivity index (χ0n) is 18.4. The molecule has 32 heavy (non-hydrogen) atoms. The van der Waals surface area contributed by atoms with E-state index in [2.05, 4.69) is 10.3 Å². The molecular formula is C24H26ClN3O3S. The van der Waals surface area contributed by atoms with Crippen LogP contribution in [0, 0.1) is 6.92 Å². The first-order valence-corrected chi connectivity index (χ1v) is 11.6. The molecule has 0 unspecified atom stereocenters. The molecule has 0 fully saturated rings. The molecule has 1 aromatic heterocycles. The van der Waals surface area contributed by atoms with E-state index in [0.29, 0.717) is 46.5 Å². The van der Waals surface area contributed by atoms with Gasteiger partial charge in [0.25, 0.3) is 11.8 Å². The van der Waals surface area contributed by atoms with Crippen molar-refractivity contribution in [3.05, 3.63) is 74.7 Å². The van der Waals surface area contributed by atoms with Crippen LogP contribution in [0.5, 0.6) is 5.75 Å². The molecule has 2 amide bonds. The van der Waals surface area contributed by atoms with Gasteiger partial charge in [-0.25, -0.2) is 4.98 Å². The first-order chi connectivity index (χ1) is 15.4. The topological polar surface area (TPSA) is 71.5 Å². The van der Waals surface area contributed by atoms with Gasteiger partial charge in [0.15, 0.2) is 6.61 Å². The van der Waals surface area contributed by atoms with Crippen molar-refractivity contribution in [2.75, 3.05) is 25.0 Å². The van der Waals surface area contributed by atoms with Crippen molar-refractivity contribution in [1.82, 2.24) is 9.88 Å². The van der Waals surface area contributed by atoms with Crippen LogP contribution in [0.3, 0.4) is 0 Å². The number of nitrogens with one attached hydrogen (secondary N) is 1. The number of hydrogen-bond acceptors (Lipinski definition) is 5. The van der Waals surface area contributed by atoms with E-state index in [1.807, 2.05) is 51.1 Å². The average molecular weight is 472 g/mol. The fourth-order valence-electron chi connectivity index (χ4n) is 3.20. The molecule has 8 heteroatoms. The van der Waals surface area contributed by atoms with Gasteiger partial charge in [-0.05, 0) is 44.5 Å². The van der Waals surface area contributed by atoms with Crippen LogP contribution in [0.15, 0.2) is 48.5 Å². The summed E-state index contributed by atoms with van der Waals surface area (Å²) in [4.78, 5) is 31.7. The first kappa shape index (κ1) is 23.8. The van der Waals surface area contributed by atoms with Crippen molar-refractivity contribution in [2.45, 2.75) is 27.2 Å². The minimum absolute atomic E-state index is 0.0860. The van der Waals surface area contributed by atoms with E-state index in [1.165, 1.54) is 11.3 Å². The number of aromatic nitrogens is 1. The summed E-state index contributed by atoms with van der Waals surface area (Å²) in [5.41, 5.74) is 2.38. The molecule has 1 heterocycles. The van der Waals surface area contributed by atoms with E-state index in [9.17, 15) is 9.59 Å². The van der Waals surface area contributed by atoms with E-state index >= 15 is 0 Å². The average Bonchev–Trinajstić information content (AvgIpc) is 3.14. The van der Waals surface area contributed by atoms with Crippen LogP contribution in [-0.2, 0) is 11.2 Å². The number of benzene rings is 2. The number of hydrogen-bond donors (Lipinski definition) is 1. The molecule has 0 aliphatic carbocycles. The van der Waals surface area contributed by atoms with Gasteiger partial charge in [-0.3, -0.25) is 9.59 Å². The highest BCUT2D eigenvalue weighted by Crippen LogP contribution is 2.29. The number of anilines is 1. The Bertz CT molecular complexity index is 1080. The third kappa shape index (κ3) is 6.08. The predicted molar refractivity (Wildman–Crippen MR) is 129 cm³/mol. The Morgan fingerprint density at radius 3 is 2.50 bits per heavy atom. The molecule has 1 N–H and O–H groups in total. The molecule has 0 atom stereocenters. The van der Waals surface area contributed by atoms with Crippen molar-refractivity contribution >= 4 is 40.4 Å². The SMILES string of the molecule is CCN(CC)C(=O)COc1ccc(NC(=O)c2sc(Cc3ccccc3)nc2C)cc1Cl. The predicted octanol–water partition coefficient (Wildman–Crippen LogP) is 5.20. The molecular weight excluding hydrogens is 446 g/mol. The summed E-state index contributed by atoms with van der Waals surface area (Å²) in [6.07, 6.45) is 0.684. The number of nitrogens with zero attached hydrogens (tertiary/aromatic N) is 2. The van der Waals surface area contributed by atoms with E-state index in [1.54, 1.807) is 23.1 Å². The fourth-order valence-corrected chi connectivity index (χ4v) is 4.43. The molecule has 3 rings (SSSR count). The van der Waals surface area contributed by atoms with E-state index < -0.39 is 0 Å². The second-order valence-corrected chi connectivity index (χ2v) is 8.63. The largest absolute Gasteiger partial charge is 0.482 e. The maximum absolute atomic E-state index is 12.8. The number of halogens is 1. The van der Waals surface area contributed by atoms with Crippen LogP contribution in [0.25, 0.3) is 0 Å². The summed E-state index contributed by atoms with van der Waals surface area (Å²) in [5.74, 6) is 0.0560. The Morgan fingerprint density at radius 1 is 1.12 bits per heavy atom. The highest BCUT2D eigenvalue weighted by molar-refractivity contribution is 7.14. The standard InChI is InChI=1S/C24H26ClN3O3S/c1-4-28(5-2)22(29)15-31-20-12-11-18(14-19(20)25)27-24(30)23-16(3)26-21(32-23)13-17-9-7-6-8-10-17/h6-12,14H,4-5,13,15H2,1-3H3,(H,27,30). The maximum Gasteiger partial charge on any atom is 0.267 e. The highest BCUT2D eigenvalue weighted by Gasteiger charge is 2.17. The normalized spacial score (nSPS) is 10.6. The zero-order chi connectivity index (χ0) is 23.1. The first-order valence-electron chi connectivity index (χ1n) is 10.4. The second-order valence-electron chi connectivity index (χ2n) is 7.14. The van der Waals surface area contributed by atoms with Gasteiger partial charge in [-0.15, -0.1) is 11.3 Å². The van der Waals surface area contributed by atoms with Crippen molar-refractivity contribution in [1.29, 1.82) is 0 Å². The summed E-state index contributed by atoms with van der Waals surface area (Å²) < 4.78 is 5.56. The number of thiazole rings is 1. The van der Waals surface area contributed by atoms with Gasteiger partial charge in [0.2, 0.25) is 0 Å². The second kappa shape index (κ2) is 11.1. The molecule has 0 saturated carbocycles. The number of amides is 2. The molecule has 0 saturated heterocycles. The van der Waals surface area contributed by atoms with Crippen molar-refractivity contribution in [3.8, 4) is 5.75 Å². The quantitative estimate of drug-likeness (QED) is 0.466. The highest BCUT2D eigenvalue weighted by atomic mass is 35.5. The van der Waals surface area contributed by atoms with Gasteiger partial charge in [0.05, 0.1) is 15.7 Å². The van der Waals surface area contributed by atoms with Gasteiger partial charge in [-0.2, -0.15) is 0 Å². The Hall–Kier alpha value is -2.90. The summed E-state index contributed by atoms with van der Waals surface area (Å²) in [7, 11) is 0. The van der Waals surface area contributed by atoms with Crippen LogP contribution in [0.2, 0.25) is 5.02 Å². The van der Waals surface area contributed by atoms with Gasteiger partial charge >= 0.3 is 0 Å². The van der Waals surface area contributed by atoms with Crippen LogP contribution in [0.1, 0.15) is 39.8 Å². The van der Waals surface area contributed by atoms with Crippen molar-refractivity contribution < 1.29 is 14.3 Å². The van der Waals surface area contributed by atoms with Gasteiger partial charge in [0, 0.05) is 25.2 Å². The Balaban J connectivity index is 1.63. The van der Waals surface area contributed by atoms with Crippen LogP contribution < -0.4 is 10.1 Å². The van der Waals surface area contributed by atoms with E-state index in [0.717, 1.165) is 10.6 Å². The number of ether oxygens (including phenoxy) is 1. The van der Waals surface area contributed by atoms with Gasteiger partial charge < -0.3 is 15.0 Å². The Morgan fingerprint density at radius 2 is 1.84 bits per heavy atom. The molecule has 0 aliphatic heterocycles. The maximum atomic E-state index is 12.8. The molecule has 2 aromatic carbocycles. The fraction of sp³-hybridized carbons (Fsp3) is 0.292. The summed E-state index contributed by atoms with van der Waals surface area (Å²) >= 11 is 7.69. The van der Waals surface area contributed by atoms with Crippen molar-refractivity contribution in [3.63, 3.8) is 0 Å². The number of aryl methyl sites for hydroxylation is 1. The Labute approximate surface area is 197 Å². The van der Waals surface area contributed by atoms with E-state index in [-0.39, 0.29) is 18.4 Å². The smallest absolute Gasteiger partial charge is 0.267 e. The van der Waals surface area contributed by atoms with Crippen LogP contribution >= 0.6 is 22.9 Å². The molecule has 0 radical (unpaired) electrons. The number of carbonyl (C=O) groups excluding carboxylic acids is 2. The minimum Gasteiger partial charge on any atom is -0.482 e. The van der Waals surface area contributed by atoms with Crippen molar-refractivity contribution in [2.24, 2.45) is 0 Å². The van der Waals surface area contributed by atoms with Gasteiger partial charge in [0.1, 0.15) is 10.6 Å². The summed E-state index contributed by atoms with van der Waals surface area (Å²) in [6.45, 7) is 6.83.